The molecule has 3 aliphatic rings. The van der Waals surface area contributed by atoms with E-state index < -0.39 is 6.10 Å². The molecule has 2 amide bonds. The van der Waals surface area contributed by atoms with Crippen molar-refractivity contribution in [1.82, 2.24) is 25.1 Å². The van der Waals surface area contributed by atoms with Crippen LogP contribution >= 0.6 is 11.6 Å². The molecule has 0 spiro atoms. The summed E-state index contributed by atoms with van der Waals surface area (Å²) in [5.41, 5.74) is 2.71. The van der Waals surface area contributed by atoms with Crippen molar-refractivity contribution in [3.05, 3.63) is 52.4 Å². The highest BCUT2D eigenvalue weighted by molar-refractivity contribution is 6.30. The molecule has 2 N–H and O–H groups in total. The number of nitrogens with one attached hydrogen (secondary N) is 1. The molecule has 3 heterocycles. The number of anilines is 1. The van der Waals surface area contributed by atoms with Crippen LogP contribution in [0.3, 0.4) is 0 Å². The number of carbonyl (C=O) groups is 2. The van der Waals surface area contributed by atoms with Crippen LogP contribution in [0.4, 0.5) is 5.82 Å². The smallest absolute Gasteiger partial charge is 0.231 e. The molecule has 0 bridgehead atoms. The second-order valence-electron chi connectivity index (χ2n) is 10.4. The molecule has 0 saturated carbocycles. The van der Waals surface area contributed by atoms with Gasteiger partial charge < -0.3 is 25.1 Å². The van der Waals surface area contributed by atoms with Gasteiger partial charge in [0.05, 0.1) is 17.7 Å². The maximum Gasteiger partial charge on any atom is 0.231 e. The molecule has 4 atom stereocenters. The van der Waals surface area contributed by atoms with Crippen molar-refractivity contribution in [3.63, 3.8) is 0 Å². The maximum atomic E-state index is 13.8. The van der Waals surface area contributed by atoms with Crippen molar-refractivity contribution in [2.75, 3.05) is 50.7 Å². The van der Waals surface area contributed by atoms with Crippen LogP contribution < -0.4 is 10.2 Å². The van der Waals surface area contributed by atoms with Crippen molar-refractivity contribution >= 4 is 29.2 Å². The predicted octanol–water partition coefficient (Wildman–Crippen LogP) is 2.31. The van der Waals surface area contributed by atoms with E-state index in [4.69, 9.17) is 11.6 Å². The molecule has 5 rings (SSSR count). The molecule has 2 fully saturated rings. The highest BCUT2D eigenvalue weighted by Gasteiger charge is 2.35. The number of hydrogen-bond acceptors (Lipinski definition) is 7. The van der Waals surface area contributed by atoms with Crippen molar-refractivity contribution < 1.29 is 14.7 Å². The first-order valence-corrected chi connectivity index (χ1v) is 13.5. The lowest BCUT2D eigenvalue weighted by molar-refractivity contribution is -0.133. The Hall–Kier alpha value is -2.75. The first-order valence-electron chi connectivity index (χ1n) is 13.1. The molecule has 0 radical (unpaired) electrons. The summed E-state index contributed by atoms with van der Waals surface area (Å²) >= 11 is 6.12. The zero-order valence-corrected chi connectivity index (χ0v) is 22.2. The highest BCUT2D eigenvalue weighted by atomic mass is 35.5. The van der Waals surface area contributed by atoms with Crippen LogP contribution in [-0.2, 0) is 9.59 Å². The lowest BCUT2D eigenvalue weighted by atomic mass is 9.96. The summed E-state index contributed by atoms with van der Waals surface area (Å²) in [5.74, 6) is 0.927. The van der Waals surface area contributed by atoms with Crippen LogP contribution in [0.25, 0.3) is 0 Å². The zero-order valence-electron chi connectivity index (χ0n) is 21.4. The number of likely N-dealkylation sites (tertiary alicyclic amines) is 1. The molecular weight excluding hydrogens is 492 g/mol. The predicted molar refractivity (Wildman–Crippen MR) is 142 cm³/mol. The summed E-state index contributed by atoms with van der Waals surface area (Å²) in [5, 5.41) is 14.5. The number of aromatic nitrogens is 2. The van der Waals surface area contributed by atoms with E-state index in [1.54, 1.807) is 6.92 Å². The number of halogens is 1. The van der Waals surface area contributed by atoms with Gasteiger partial charge in [0, 0.05) is 69.4 Å². The fourth-order valence-electron chi connectivity index (χ4n) is 5.85. The molecule has 37 heavy (non-hydrogen) atoms. The summed E-state index contributed by atoms with van der Waals surface area (Å²) in [7, 11) is 0. The fraction of sp³-hybridized carbons (Fsp3) is 0.556. The Morgan fingerprint density at radius 3 is 2.51 bits per heavy atom. The molecular formula is C27H35ClN6O3. The number of rotatable bonds is 6. The van der Waals surface area contributed by atoms with Crippen LogP contribution in [0.15, 0.2) is 30.6 Å². The first-order chi connectivity index (χ1) is 17.8. The molecule has 2 saturated heterocycles. The van der Waals surface area contributed by atoms with Crippen LogP contribution in [0.2, 0.25) is 5.02 Å². The third-order valence-electron chi connectivity index (χ3n) is 7.98. The minimum atomic E-state index is -0.537. The standard InChI is InChI=1S/C27H35ClN6O3/c1-17-13-23(36)25-24(17)26(31-16-30-25)32-9-11-33(12-10-32)27(37)22(19-3-5-20(28)6-4-19)14-29-21-7-8-34(15-21)18(2)35/h3-6,16-17,21-23,29,36H,7-15H2,1-2H3/t17-,21+,22-,23-/m1/s1. The molecule has 1 aromatic carbocycles. The summed E-state index contributed by atoms with van der Waals surface area (Å²) in [6.45, 7) is 8.17. The van der Waals surface area contributed by atoms with Crippen LogP contribution in [0.1, 0.15) is 61.4 Å². The van der Waals surface area contributed by atoms with Gasteiger partial charge in [-0.3, -0.25) is 9.59 Å². The summed E-state index contributed by atoms with van der Waals surface area (Å²) in [6, 6.07) is 7.69. The Bertz CT molecular complexity index is 1140. The minimum absolute atomic E-state index is 0.0886. The number of hydrogen-bond donors (Lipinski definition) is 2. The number of amides is 2. The Morgan fingerprint density at radius 1 is 1.11 bits per heavy atom. The Morgan fingerprint density at radius 2 is 1.84 bits per heavy atom. The van der Waals surface area contributed by atoms with E-state index in [0.29, 0.717) is 50.7 Å². The number of aliphatic hydroxyl groups excluding tert-OH is 1. The second-order valence-corrected chi connectivity index (χ2v) is 10.9. The maximum absolute atomic E-state index is 13.8. The molecule has 10 heteroatoms. The van der Waals surface area contributed by atoms with Gasteiger partial charge in [0.1, 0.15) is 12.1 Å². The topological polar surface area (TPSA) is 102 Å². The third kappa shape index (κ3) is 5.44. The average molecular weight is 527 g/mol. The summed E-state index contributed by atoms with van der Waals surface area (Å²) in [6.07, 6.45) is 2.55. The average Bonchev–Trinajstić information content (AvgIpc) is 3.49. The largest absolute Gasteiger partial charge is 0.387 e. The lowest BCUT2D eigenvalue weighted by Crippen LogP contribution is -2.51. The summed E-state index contributed by atoms with van der Waals surface area (Å²) in [4.78, 5) is 40.4. The first kappa shape index (κ1) is 25.9. The van der Waals surface area contributed by atoms with Gasteiger partial charge >= 0.3 is 0 Å². The van der Waals surface area contributed by atoms with Gasteiger partial charge in [0.15, 0.2) is 0 Å². The number of fused-ring (bicyclic) bond motifs is 1. The van der Waals surface area contributed by atoms with Gasteiger partial charge in [-0.25, -0.2) is 9.97 Å². The zero-order chi connectivity index (χ0) is 26.1. The second kappa shape index (κ2) is 10.9. The molecule has 9 nitrogen and oxygen atoms in total. The normalized spacial score (nSPS) is 24.3. The Kier molecular flexibility index (Phi) is 7.65. The van der Waals surface area contributed by atoms with E-state index in [-0.39, 0.29) is 29.7 Å². The van der Waals surface area contributed by atoms with Crippen molar-refractivity contribution in [3.8, 4) is 0 Å². The quantitative estimate of drug-likeness (QED) is 0.595. The van der Waals surface area contributed by atoms with E-state index in [9.17, 15) is 14.7 Å². The monoisotopic (exact) mass is 526 g/mol. The van der Waals surface area contributed by atoms with E-state index in [2.05, 4.69) is 27.1 Å². The van der Waals surface area contributed by atoms with Gasteiger partial charge in [0.25, 0.3) is 0 Å². The van der Waals surface area contributed by atoms with Crippen molar-refractivity contribution in [1.29, 1.82) is 0 Å². The minimum Gasteiger partial charge on any atom is -0.387 e. The number of benzene rings is 1. The third-order valence-corrected chi connectivity index (χ3v) is 8.24. The molecule has 0 unspecified atom stereocenters. The molecule has 198 valence electrons. The van der Waals surface area contributed by atoms with Gasteiger partial charge in [0.2, 0.25) is 11.8 Å². The number of nitrogens with zero attached hydrogens (tertiary/aromatic N) is 5. The van der Waals surface area contributed by atoms with Crippen LogP contribution in [0, 0.1) is 0 Å². The van der Waals surface area contributed by atoms with E-state index >= 15 is 0 Å². The van der Waals surface area contributed by atoms with Crippen molar-refractivity contribution in [2.45, 2.75) is 50.7 Å². The van der Waals surface area contributed by atoms with Crippen LogP contribution in [0.5, 0.6) is 0 Å². The SMILES string of the molecule is CC(=O)N1CC[C@H](NC[C@@H](C(=O)N2CCN(c3ncnc4c3[C@H](C)C[C@H]4O)CC2)c2ccc(Cl)cc2)C1. The Labute approximate surface area is 222 Å². The number of piperazine rings is 1. The fourth-order valence-corrected chi connectivity index (χ4v) is 5.98. The van der Waals surface area contributed by atoms with Gasteiger partial charge in [-0.1, -0.05) is 30.7 Å². The highest BCUT2D eigenvalue weighted by Crippen LogP contribution is 2.42. The van der Waals surface area contributed by atoms with E-state index in [1.165, 1.54) is 6.33 Å². The number of carbonyl (C=O) groups excluding carboxylic acids is 2. The van der Waals surface area contributed by atoms with Crippen molar-refractivity contribution in [2.24, 2.45) is 0 Å². The van der Waals surface area contributed by atoms with Gasteiger partial charge in [-0.2, -0.15) is 0 Å². The molecule has 1 aliphatic carbocycles. The van der Waals surface area contributed by atoms with Gasteiger partial charge in [-0.05, 0) is 36.5 Å². The Balaban J connectivity index is 1.26. The summed E-state index contributed by atoms with van der Waals surface area (Å²) < 4.78 is 0. The number of aliphatic hydroxyl groups is 1. The van der Waals surface area contributed by atoms with Gasteiger partial charge in [-0.15, -0.1) is 0 Å². The van der Waals surface area contributed by atoms with E-state index in [1.807, 2.05) is 34.1 Å². The molecule has 2 aliphatic heterocycles. The molecule has 2 aromatic rings. The van der Waals surface area contributed by atoms with E-state index in [0.717, 1.165) is 35.6 Å². The lowest BCUT2D eigenvalue weighted by Gasteiger charge is -2.38. The van der Waals surface area contributed by atoms with Crippen LogP contribution in [-0.4, -0.2) is 88.5 Å². The molecule has 1 aromatic heterocycles.